The van der Waals surface area contributed by atoms with Gasteiger partial charge >= 0.3 is 6.03 Å². The molecule has 1 rings (SSSR count). The van der Waals surface area contributed by atoms with E-state index >= 15 is 0 Å². The van der Waals surface area contributed by atoms with E-state index in [-0.39, 0.29) is 11.6 Å². The smallest absolute Gasteiger partial charge is 0.315 e. The second-order valence-electron chi connectivity index (χ2n) is 5.77. The molecule has 0 heterocycles. The largest absolute Gasteiger partial charge is 0.338 e. The molecule has 0 spiro atoms. The summed E-state index contributed by atoms with van der Waals surface area (Å²) in [6.07, 6.45) is 3.65. The van der Waals surface area contributed by atoms with Gasteiger partial charge in [0.25, 0.3) is 0 Å². The van der Waals surface area contributed by atoms with Crippen LogP contribution in [0.15, 0.2) is 0 Å². The molecular weight excluding hydrogens is 202 g/mol. The molecule has 2 unspecified atom stereocenters. The van der Waals surface area contributed by atoms with E-state index in [2.05, 4.69) is 10.6 Å². The molecule has 4 heteroatoms. The van der Waals surface area contributed by atoms with Crippen molar-refractivity contribution in [2.75, 3.05) is 13.1 Å². The molecule has 1 fully saturated rings. The van der Waals surface area contributed by atoms with Crippen molar-refractivity contribution in [3.05, 3.63) is 0 Å². The number of rotatable bonds is 3. The van der Waals surface area contributed by atoms with Crippen LogP contribution in [0.4, 0.5) is 4.79 Å². The Labute approximate surface area is 98.3 Å². The average molecular weight is 227 g/mol. The van der Waals surface area contributed by atoms with Crippen molar-refractivity contribution < 1.29 is 4.79 Å². The van der Waals surface area contributed by atoms with E-state index in [0.717, 1.165) is 13.1 Å². The van der Waals surface area contributed by atoms with E-state index in [1.54, 1.807) is 0 Å². The average Bonchev–Trinajstić information content (AvgIpc) is 2.59. The molecule has 2 atom stereocenters. The quantitative estimate of drug-likeness (QED) is 0.683. The zero-order valence-electron chi connectivity index (χ0n) is 10.7. The first-order chi connectivity index (χ1) is 7.42. The van der Waals surface area contributed by atoms with Gasteiger partial charge in [-0.05, 0) is 52.0 Å². The molecule has 4 nitrogen and oxygen atoms in total. The third-order valence-corrected chi connectivity index (χ3v) is 3.13. The maximum atomic E-state index is 11.6. The van der Waals surface area contributed by atoms with Crippen molar-refractivity contribution in [3.63, 3.8) is 0 Å². The molecular formula is C12H25N3O. The van der Waals surface area contributed by atoms with E-state index in [4.69, 9.17) is 5.73 Å². The van der Waals surface area contributed by atoms with Crippen molar-refractivity contribution in [3.8, 4) is 0 Å². The summed E-state index contributed by atoms with van der Waals surface area (Å²) in [5.41, 5.74) is 5.53. The Kier molecular flexibility index (Phi) is 4.59. The van der Waals surface area contributed by atoms with Gasteiger partial charge in [-0.3, -0.25) is 0 Å². The fourth-order valence-corrected chi connectivity index (χ4v) is 2.30. The number of hydrogen-bond donors (Lipinski definition) is 3. The highest BCUT2D eigenvalue weighted by Crippen LogP contribution is 2.30. The lowest BCUT2D eigenvalue weighted by Crippen LogP contribution is -2.47. The number of urea groups is 1. The highest BCUT2D eigenvalue weighted by molar-refractivity contribution is 5.74. The van der Waals surface area contributed by atoms with Crippen LogP contribution in [0.2, 0.25) is 0 Å². The van der Waals surface area contributed by atoms with Crippen LogP contribution in [0.1, 0.15) is 40.0 Å². The minimum absolute atomic E-state index is 0.0739. The summed E-state index contributed by atoms with van der Waals surface area (Å²) in [6.45, 7) is 7.43. The minimum Gasteiger partial charge on any atom is -0.338 e. The number of hydrogen-bond acceptors (Lipinski definition) is 2. The fraction of sp³-hybridized carbons (Fsp3) is 0.917. The molecule has 2 amide bonds. The first kappa shape index (κ1) is 13.3. The first-order valence-electron chi connectivity index (χ1n) is 6.18. The Hall–Kier alpha value is -0.770. The van der Waals surface area contributed by atoms with Crippen molar-refractivity contribution in [2.45, 2.75) is 45.6 Å². The third kappa shape index (κ3) is 4.39. The third-order valence-electron chi connectivity index (χ3n) is 3.13. The normalized spacial score (nSPS) is 25.5. The van der Waals surface area contributed by atoms with Crippen molar-refractivity contribution >= 4 is 6.03 Å². The summed E-state index contributed by atoms with van der Waals surface area (Å²) in [6, 6.07) is -0.0739. The van der Waals surface area contributed by atoms with Crippen LogP contribution in [0, 0.1) is 11.8 Å². The van der Waals surface area contributed by atoms with Crippen molar-refractivity contribution in [1.29, 1.82) is 0 Å². The highest BCUT2D eigenvalue weighted by atomic mass is 16.2. The Bertz CT molecular complexity index is 235. The van der Waals surface area contributed by atoms with Gasteiger partial charge in [0.2, 0.25) is 0 Å². The fourth-order valence-electron chi connectivity index (χ4n) is 2.30. The molecule has 0 radical (unpaired) electrons. The van der Waals surface area contributed by atoms with Crippen LogP contribution >= 0.6 is 0 Å². The maximum Gasteiger partial charge on any atom is 0.315 e. The second-order valence-corrected chi connectivity index (χ2v) is 5.77. The van der Waals surface area contributed by atoms with Crippen LogP contribution in [-0.4, -0.2) is 24.7 Å². The minimum atomic E-state index is -0.174. The van der Waals surface area contributed by atoms with Gasteiger partial charge in [-0.2, -0.15) is 0 Å². The summed E-state index contributed by atoms with van der Waals surface area (Å²) >= 11 is 0. The van der Waals surface area contributed by atoms with Crippen LogP contribution in [-0.2, 0) is 0 Å². The molecule has 4 N–H and O–H groups in total. The van der Waals surface area contributed by atoms with Crippen LogP contribution in [0.5, 0.6) is 0 Å². The molecule has 0 aromatic carbocycles. The predicted molar refractivity (Wildman–Crippen MR) is 66.2 cm³/mol. The predicted octanol–water partition coefficient (Wildman–Crippen LogP) is 1.46. The molecule has 0 saturated heterocycles. The van der Waals surface area contributed by atoms with Gasteiger partial charge in [-0.15, -0.1) is 0 Å². The summed E-state index contributed by atoms with van der Waals surface area (Å²) in [5.74, 6) is 1.16. The Balaban J connectivity index is 2.26. The number of carbonyl (C=O) groups is 1. The van der Waals surface area contributed by atoms with E-state index in [0.29, 0.717) is 11.8 Å². The van der Waals surface area contributed by atoms with Gasteiger partial charge in [0.1, 0.15) is 0 Å². The Morgan fingerprint density at radius 2 is 1.94 bits per heavy atom. The molecule has 0 aromatic heterocycles. The van der Waals surface area contributed by atoms with Crippen molar-refractivity contribution in [2.24, 2.45) is 17.6 Å². The van der Waals surface area contributed by atoms with Crippen LogP contribution < -0.4 is 16.4 Å². The zero-order valence-corrected chi connectivity index (χ0v) is 10.7. The SMILES string of the molecule is CC(C)(C)NC(=O)NCC1CCCC1CN. The van der Waals surface area contributed by atoms with Gasteiger partial charge < -0.3 is 16.4 Å². The van der Waals surface area contributed by atoms with Crippen LogP contribution in [0.3, 0.4) is 0 Å². The van der Waals surface area contributed by atoms with Crippen molar-refractivity contribution in [1.82, 2.24) is 10.6 Å². The molecule has 1 aliphatic carbocycles. The second kappa shape index (κ2) is 5.53. The lowest BCUT2D eigenvalue weighted by atomic mass is 9.96. The van der Waals surface area contributed by atoms with Crippen LogP contribution in [0.25, 0.3) is 0 Å². The summed E-state index contributed by atoms with van der Waals surface area (Å²) in [7, 11) is 0. The zero-order chi connectivity index (χ0) is 12.2. The first-order valence-corrected chi connectivity index (χ1v) is 6.18. The van der Waals surface area contributed by atoms with Gasteiger partial charge in [-0.1, -0.05) is 6.42 Å². The topological polar surface area (TPSA) is 67.2 Å². The van der Waals surface area contributed by atoms with Gasteiger partial charge in [0.15, 0.2) is 0 Å². The van der Waals surface area contributed by atoms with Gasteiger partial charge in [0, 0.05) is 12.1 Å². The number of nitrogens with two attached hydrogens (primary N) is 1. The summed E-state index contributed by atoms with van der Waals surface area (Å²) < 4.78 is 0. The molecule has 94 valence electrons. The standard InChI is InChI=1S/C12H25N3O/c1-12(2,3)15-11(16)14-8-10-6-4-5-9(10)7-13/h9-10H,4-8,13H2,1-3H3,(H2,14,15,16). The molecule has 1 aliphatic rings. The monoisotopic (exact) mass is 227 g/mol. The molecule has 0 aromatic rings. The molecule has 1 saturated carbocycles. The van der Waals surface area contributed by atoms with E-state index in [1.165, 1.54) is 19.3 Å². The lowest BCUT2D eigenvalue weighted by Gasteiger charge is -2.23. The van der Waals surface area contributed by atoms with E-state index in [1.807, 2.05) is 20.8 Å². The molecule has 0 bridgehead atoms. The Morgan fingerprint density at radius 1 is 1.31 bits per heavy atom. The van der Waals surface area contributed by atoms with E-state index in [9.17, 15) is 4.79 Å². The van der Waals surface area contributed by atoms with E-state index < -0.39 is 0 Å². The summed E-state index contributed by atoms with van der Waals surface area (Å²) in [5, 5.41) is 5.83. The number of carbonyl (C=O) groups excluding carboxylic acids is 1. The van der Waals surface area contributed by atoms with Gasteiger partial charge in [0.05, 0.1) is 0 Å². The summed E-state index contributed by atoms with van der Waals surface area (Å²) in [4.78, 5) is 11.6. The number of amides is 2. The highest BCUT2D eigenvalue weighted by Gasteiger charge is 2.26. The molecule has 16 heavy (non-hydrogen) atoms. The number of nitrogens with one attached hydrogen (secondary N) is 2. The Morgan fingerprint density at radius 3 is 2.50 bits per heavy atom. The lowest BCUT2D eigenvalue weighted by molar-refractivity contribution is 0.228. The van der Waals surface area contributed by atoms with Gasteiger partial charge in [-0.25, -0.2) is 4.79 Å². The maximum absolute atomic E-state index is 11.6. The molecule has 0 aliphatic heterocycles.